The number of carbonyl (C=O) groups excluding carboxylic acids is 3. The molecule has 1 amide bonds. The maximum atomic E-state index is 13.2. The minimum atomic E-state index is -0.525. The Kier molecular flexibility index (Phi) is 4.46. The van der Waals surface area contributed by atoms with Crippen LogP contribution in [-0.2, 0) is 19.1 Å². The van der Waals surface area contributed by atoms with Gasteiger partial charge in [0.1, 0.15) is 6.10 Å². The maximum Gasteiger partial charge on any atom is 0.337 e. The molecule has 4 rings (SSSR count). The topological polar surface area (TPSA) is 72.9 Å². The van der Waals surface area contributed by atoms with E-state index < -0.39 is 12.0 Å². The first-order chi connectivity index (χ1) is 12.9. The number of halogens is 1. The van der Waals surface area contributed by atoms with Gasteiger partial charge in [0.15, 0.2) is 11.5 Å². The number of alkyl halides is 1. The van der Waals surface area contributed by atoms with Crippen molar-refractivity contribution >= 4 is 29.3 Å². The molecule has 1 aromatic carbocycles. The lowest BCUT2D eigenvalue weighted by atomic mass is 9.77. The van der Waals surface area contributed by atoms with Gasteiger partial charge >= 0.3 is 5.97 Å². The lowest BCUT2D eigenvalue weighted by Gasteiger charge is -2.37. The number of fused-ring (bicyclic) bond motifs is 1. The number of hydrogen-bond acceptors (Lipinski definition) is 5. The predicted molar refractivity (Wildman–Crippen MR) is 97.2 cm³/mol. The molecule has 1 aromatic rings. The van der Waals surface area contributed by atoms with Crippen molar-refractivity contribution in [2.45, 2.75) is 36.8 Å². The number of ether oxygens (including phenoxy) is 2. The number of esters is 1. The van der Waals surface area contributed by atoms with E-state index in [9.17, 15) is 14.4 Å². The minimum Gasteiger partial charge on any atom is -0.483 e. The Morgan fingerprint density at radius 2 is 1.93 bits per heavy atom. The number of nitrogens with zero attached hydrogens (tertiary/aromatic N) is 1. The summed E-state index contributed by atoms with van der Waals surface area (Å²) in [5.74, 6) is -0.916. The zero-order valence-electron chi connectivity index (χ0n) is 15.1. The molecule has 0 saturated heterocycles. The van der Waals surface area contributed by atoms with Crippen LogP contribution in [0, 0.1) is 5.92 Å². The van der Waals surface area contributed by atoms with Crippen molar-refractivity contribution < 1.29 is 23.9 Å². The zero-order chi connectivity index (χ0) is 19.3. The van der Waals surface area contributed by atoms with Crippen LogP contribution in [0.1, 0.15) is 41.2 Å². The third-order valence-corrected chi connectivity index (χ3v) is 6.06. The van der Waals surface area contributed by atoms with E-state index in [0.717, 1.165) is 12.0 Å². The number of methoxy groups -OCH3 is 1. The molecule has 27 heavy (non-hydrogen) atoms. The first-order valence-electron chi connectivity index (χ1n) is 8.97. The SMILES string of the molecule is COC(=O)c1ccc(C2C3=C(OC4CCC(Cl)CC4C3=O)C(=O)N2C)cc1. The van der Waals surface area contributed by atoms with E-state index in [0.29, 0.717) is 24.0 Å². The van der Waals surface area contributed by atoms with Gasteiger partial charge in [0.25, 0.3) is 5.91 Å². The third-order valence-electron chi connectivity index (χ3n) is 5.66. The lowest BCUT2D eigenvalue weighted by molar-refractivity contribution is -0.134. The molecule has 2 aliphatic heterocycles. The highest BCUT2D eigenvalue weighted by Crippen LogP contribution is 2.46. The van der Waals surface area contributed by atoms with Crippen LogP contribution in [0.25, 0.3) is 0 Å². The maximum absolute atomic E-state index is 13.2. The summed E-state index contributed by atoms with van der Waals surface area (Å²) in [4.78, 5) is 39.1. The van der Waals surface area contributed by atoms with E-state index >= 15 is 0 Å². The fraction of sp³-hybridized carbons (Fsp3) is 0.450. The second kappa shape index (κ2) is 6.68. The van der Waals surface area contributed by atoms with E-state index in [1.54, 1.807) is 31.3 Å². The van der Waals surface area contributed by atoms with Crippen molar-refractivity contribution in [3.05, 3.63) is 46.7 Å². The number of likely N-dealkylation sites (N-methyl/N-ethyl adjacent to an activating group) is 1. The molecule has 1 fully saturated rings. The van der Waals surface area contributed by atoms with Crippen LogP contribution < -0.4 is 0 Å². The summed E-state index contributed by atoms with van der Waals surface area (Å²) in [6.45, 7) is 0. The van der Waals surface area contributed by atoms with E-state index in [2.05, 4.69) is 0 Å². The minimum absolute atomic E-state index is 0.0476. The van der Waals surface area contributed by atoms with Crippen LogP contribution in [0.5, 0.6) is 0 Å². The molecule has 1 saturated carbocycles. The van der Waals surface area contributed by atoms with Gasteiger partial charge in [-0.2, -0.15) is 0 Å². The van der Waals surface area contributed by atoms with Gasteiger partial charge in [-0.3, -0.25) is 9.59 Å². The highest BCUT2D eigenvalue weighted by atomic mass is 35.5. The van der Waals surface area contributed by atoms with Crippen molar-refractivity contribution in [2.75, 3.05) is 14.2 Å². The molecule has 6 nitrogen and oxygen atoms in total. The lowest BCUT2D eigenvalue weighted by Crippen LogP contribution is -2.41. The van der Waals surface area contributed by atoms with Crippen molar-refractivity contribution in [3.8, 4) is 0 Å². The molecular formula is C20H20ClNO5. The summed E-state index contributed by atoms with van der Waals surface area (Å²) in [6.07, 6.45) is 1.75. The van der Waals surface area contributed by atoms with Crippen LogP contribution >= 0.6 is 11.6 Å². The molecule has 7 heteroatoms. The molecule has 4 atom stereocenters. The predicted octanol–water partition coefficient (Wildman–Crippen LogP) is 2.62. The molecule has 0 spiro atoms. The highest BCUT2D eigenvalue weighted by Gasteiger charge is 2.51. The number of ketones is 1. The Bertz CT molecular complexity index is 846. The van der Waals surface area contributed by atoms with Crippen molar-refractivity contribution in [1.82, 2.24) is 4.90 Å². The van der Waals surface area contributed by atoms with Gasteiger partial charge in [0.05, 0.1) is 30.2 Å². The molecule has 0 aromatic heterocycles. The smallest absolute Gasteiger partial charge is 0.337 e. The quantitative estimate of drug-likeness (QED) is 0.574. The Balaban J connectivity index is 1.71. The molecule has 3 aliphatic rings. The van der Waals surface area contributed by atoms with E-state index in [1.165, 1.54) is 12.0 Å². The van der Waals surface area contributed by atoms with Crippen LogP contribution in [0.2, 0.25) is 0 Å². The summed E-state index contributed by atoms with van der Waals surface area (Å²) in [5.41, 5.74) is 1.56. The molecule has 0 N–H and O–H groups in total. The molecule has 1 aliphatic carbocycles. The van der Waals surface area contributed by atoms with Crippen LogP contribution in [0.4, 0.5) is 0 Å². The summed E-state index contributed by atoms with van der Waals surface area (Å²) in [7, 11) is 2.98. The molecular weight excluding hydrogens is 370 g/mol. The van der Waals surface area contributed by atoms with Gasteiger partial charge < -0.3 is 14.4 Å². The Morgan fingerprint density at radius 3 is 2.59 bits per heavy atom. The van der Waals surface area contributed by atoms with Gasteiger partial charge in [0.2, 0.25) is 0 Å². The monoisotopic (exact) mass is 389 g/mol. The second-order valence-corrected chi connectivity index (χ2v) is 7.83. The van der Waals surface area contributed by atoms with Crippen molar-refractivity contribution in [1.29, 1.82) is 0 Å². The van der Waals surface area contributed by atoms with Gasteiger partial charge in [-0.1, -0.05) is 12.1 Å². The number of rotatable bonds is 2. The van der Waals surface area contributed by atoms with Crippen molar-refractivity contribution in [2.24, 2.45) is 5.92 Å². The van der Waals surface area contributed by atoms with Gasteiger partial charge in [-0.15, -0.1) is 11.6 Å². The number of hydrogen-bond donors (Lipinski definition) is 0. The van der Waals surface area contributed by atoms with Crippen LogP contribution in [-0.4, -0.2) is 48.2 Å². The molecule has 142 valence electrons. The molecule has 4 unspecified atom stereocenters. The standard InChI is InChI=1S/C20H20ClNO5/c1-22-16(10-3-5-11(6-4-10)20(25)26-2)15-17(23)13-9-12(21)7-8-14(13)27-18(15)19(22)24/h3-6,12-14,16H,7-9H2,1-2H3. The summed E-state index contributed by atoms with van der Waals surface area (Å²) >= 11 is 6.27. The van der Waals surface area contributed by atoms with Crippen LogP contribution in [0.15, 0.2) is 35.6 Å². The first kappa shape index (κ1) is 18.0. The Labute approximate surface area is 162 Å². The zero-order valence-corrected chi connectivity index (χ0v) is 15.9. The summed E-state index contributed by atoms with van der Waals surface area (Å²) < 4.78 is 10.7. The summed E-state index contributed by atoms with van der Waals surface area (Å²) in [5, 5.41) is -0.0476. The van der Waals surface area contributed by atoms with Gasteiger partial charge in [0, 0.05) is 12.4 Å². The fourth-order valence-corrected chi connectivity index (χ4v) is 4.56. The number of benzene rings is 1. The molecule has 0 radical (unpaired) electrons. The fourth-order valence-electron chi connectivity index (χ4n) is 4.24. The van der Waals surface area contributed by atoms with Crippen LogP contribution in [0.3, 0.4) is 0 Å². The largest absolute Gasteiger partial charge is 0.483 e. The van der Waals surface area contributed by atoms with Crippen molar-refractivity contribution in [3.63, 3.8) is 0 Å². The Hall–Kier alpha value is -2.34. The third kappa shape index (κ3) is 2.83. The molecule has 2 heterocycles. The Morgan fingerprint density at radius 1 is 1.22 bits per heavy atom. The molecule has 0 bridgehead atoms. The number of amides is 1. The normalized spacial score (nSPS) is 30.0. The van der Waals surface area contributed by atoms with E-state index in [4.69, 9.17) is 21.1 Å². The first-order valence-corrected chi connectivity index (χ1v) is 9.40. The number of Topliss-reactive ketones (excluding diaryl/α,β-unsaturated/α-hetero) is 1. The number of carbonyl (C=O) groups is 3. The second-order valence-electron chi connectivity index (χ2n) is 7.21. The highest BCUT2D eigenvalue weighted by molar-refractivity contribution is 6.21. The van der Waals surface area contributed by atoms with Gasteiger partial charge in [-0.05, 0) is 37.0 Å². The summed E-state index contributed by atoms with van der Waals surface area (Å²) in [6, 6.07) is 6.21. The average molecular weight is 390 g/mol. The van der Waals surface area contributed by atoms with E-state index in [1.807, 2.05) is 0 Å². The van der Waals surface area contributed by atoms with Gasteiger partial charge in [-0.25, -0.2) is 4.79 Å². The average Bonchev–Trinajstić information content (AvgIpc) is 2.93. The van der Waals surface area contributed by atoms with E-state index in [-0.39, 0.29) is 34.8 Å².